The average Bonchev–Trinajstić information content (AvgIpc) is 3.15. The lowest BCUT2D eigenvalue weighted by Gasteiger charge is -2.33. The zero-order valence-corrected chi connectivity index (χ0v) is 17.9. The van der Waals surface area contributed by atoms with Crippen LogP contribution in [0.4, 0.5) is 5.95 Å². The second-order valence-corrected chi connectivity index (χ2v) is 8.60. The molecule has 1 aliphatic heterocycles. The van der Waals surface area contributed by atoms with Crippen LogP contribution in [0.2, 0.25) is 0 Å². The van der Waals surface area contributed by atoms with Crippen LogP contribution in [0.5, 0.6) is 0 Å². The lowest BCUT2D eigenvalue weighted by atomic mass is 9.97. The van der Waals surface area contributed by atoms with Crippen molar-refractivity contribution in [2.24, 2.45) is 11.8 Å². The lowest BCUT2D eigenvalue weighted by molar-refractivity contribution is -0.125. The zero-order valence-electron chi connectivity index (χ0n) is 17.9. The minimum absolute atomic E-state index is 0.0196. The predicted octanol–water partition coefficient (Wildman–Crippen LogP) is 4.01. The molecule has 0 spiro atoms. The van der Waals surface area contributed by atoms with Crippen molar-refractivity contribution in [2.75, 3.05) is 18.0 Å². The van der Waals surface area contributed by atoms with E-state index in [1.54, 1.807) is 12.4 Å². The van der Waals surface area contributed by atoms with Crippen molar-refractivity contribution in [1.29, 1.82) is 0 Å². The Bertz CT molecular complexity index is 982. The number of carbonyl (C=O) groups is 1. The summed E-state index contributed by atoms with van der Waals surface area (Å²) in [5, 5.41) is 3.09. The molecule has 1 saturated heterocycles. The molecule has 1 N–H and O–H groups in total. The molecule has 6 heteroatoms. The topological polar surface area (TPSA) is 63.1 Å². The number of rotatable bonds is 7. The molecule has 2 aromatic heterocycles. The first kappa shape index (κ1) is 20.4. The number of nitrogens with zero attached hydrogens (tertiary/aromatic N) is 4. The minimum Gasteiger partial charge on any atom is -0.352 e. The normalized spacial score (nSPS) is 16.9. The lowest BCUT2D eigenvalue weighted by Crippen LogP contribution is -2.43. The van der Waals surface area contributed by atoms with Crippen molar-refractivity contribution in [1.82, 2.24) is 19.9 Å². The summed E-state index contributed by atoms with van der Waals surface area (Å²) in [6.45, 7) is 7.63. The summed E-state index contributed by atoms with van der Waals surface area (Å²) >= 11 is 0. The van der Waals surface area contributed by atoms with Gasteiger partial charge in [0.1, 0.15) is 0 Å². The molecule has 158 valence electrons. The molecule has 30 heavy (non-hydrogen) atoms. The van der Waals surface area contributed by atoms with Crippen molar-refractivity contribution in [3.8, 4) is 0 Å². The van der Waals surface area contributed by atoms with Crippen LogP contribution in [-0.2, 0) is 17.9 Å². The number of aryl methyl sites for hydroxylation is 1. The molecule has 0 unspecified atom stereocenters. The van der Waals surface area contributed by atoms with E-state index in [0.29, 0.717) is 19.0 Å². The number of anilines is 1. The van der Waals surface area contributed by atoms with E-state index in [0.717, 1.165) is 49.4 Å². The number of carbonyl (C=O) groups excluding carboxylic acids is 1. The van der Waals surface area contributed by atoms with Crippen LogP contribution >= 0.6 is 0 Å². The smallest absolute Gasteiger partial charge is 0.225 e. The van der Waals surface area contributed by atoms with E-state index in [4.69, 9.17) is 4.98 Å². The number of para-hydroxylation sites is 2. The molecule has 0 radical (unpaired) electrons. The van der Waals surface area contributed by atoms with Crippen LogP contribution in [0.3, 0.4) is 0 Å². The van der Waals surface area contributed by atoms with Gasteiger partial charge in [-0.2, -0.15) is 0 Å². The van der Waals surface area contributed by atoms with Crippen LogP contribution in [0.1, 0.15) is 38.7 Å². The van der Waals surface area contributed by atoms with Crippen molar-refractivity contribution in [3.63, 3.8) is 0 Å². The maximum Gasteiger partial charge on any atom is 0.225 e. The monoisotopic (exact) mass is 405 g/mol. The number of hydrogen-bond acceptors (Lipinski definition) is 4. The zero-order chi connectivity index (χ0) is 20.9. The Labute approximate surface area is 178 Å². The largest absolute Gasteiger partial charge is 0.352 e. The van der Waals surface area contributed by atoms with E-state index in [1.165, 1.54) is 5.52 Å². The summed E-state index contributed by atoms with van der Waals surface area (Å²) in [7, 11) is 0. The summed E-state index contributed by atoms with van der Waals surface area (Å²) in [6.07, 6.45) is 6.57. The highest BCUT2D eigenvalue weighted by Crippen LogP contribution is 2.28. The van der Waals surface area contributed by atoms with Crippen LogP contribution in [0.25, 0.3) is 11.0 Å². The number of fused-ring (bicyclic) bond motifs is 1. The predicted molar refractivity (Wildman–Crippen MR) is 120 cm³/mol. The number of pyridine rings is 1. The van der Waals surface area contributed by atoms with E-state index in [-0.39, 0.29) is 11.8 Å². The molecule has 0 bridgehead atoms. The van der Waals surface area contributed by atoms with E-state index < -0.39 is 0 Å². The number of piperidine rings is 1. The van der Waals surface area contributed by atoms with Crippen LogP contribution in [-0.4, -0.2) is 33.5 Å². The Hall–Kier alpha value is -2.89. The Balaban J connectivity index is 1.49. The van der Waals surface area contributed by atoms with Crippen molar-refractivity contribution in [3.05, 3.63) is 54.4 Å². The molecule has 4 rings (SSSR count). The molecule has 6 nitrogen and oxygen atoms in total. The SMILES string of the molecule is CC(C)CCn1c(N2CCC[C@@H](C(=O)NCc3cccnc3)C2)nc2ccccc21. The molecular weight excluding hydrogens is 374 g/mol. The summed E-state index contributed by atoms with van der Waals surface area (Å²) in [4.78, 5) is 24.2. The van der Waals surface area contributed by atoms with Gasteiger partial charge < -0.3 is 14.8 Å². The van der Waals surface area contributed by atoms with Gasteiger partial charge >= 0.3 is 0 Å². The fourth-order valence-corrected chi connectivity index (χ4v) is 4.12. The summed E-state index contributed by atoms with van der Waals surface area (Å²) in [5.74, 6) is 1.73. The van der Waals surface area contributed by atoms with Crippen molar-refractivity contribution < 1.29 is 4.79 Å². The fraction of sp³-hybridized carbons (Fsp3) is 0.458. The average molecular weight is 406 g/mol. The highest BCUT2D eigenvalue weighted by Gasteiger charge is 2.28. The second kappa shape index (κ2) is 9.28. The van der Waals surface area contributed by atoms with Crippen LogP contribution < -0.4 is 10.2 Å². The number of imidazole rings is 1. The summed E-state index contributed by atoms with van der Waals surface area (Å²) in [5.41, 5.74) is 3.23. The van der Waals surface area contributed by atoms with Crippen LogP contribution in [0, 0.1) is 11.8 Å². The molecule has 1 fully saturated rings. The first-order valence-electron chi connectivity index (χ1n) is 11.0. The van der Waals surface area contributed by atoms with Crippen molar-refractivity contribution >= 4 is 22.9 Å². The third-order valence-electron chi connectivity index (χ3n) is 5.83. The third kappa shape index (κ3) is 4.64. The van der Waals surface area contributed by atoms with Gasteiger partial charge in [-0.05, 0) is 48.9 Å². The molecule has 0 aliphatic carbocycles. The van der Waals surface area contributed by atoms with Gasteiger partial charge in [-0.15, -0.1) is 0 Å². The first-order valence-corrected chi connectivity index (χ1v) is 11.0. The standard InChI is InChI=1S/C24H31N5O/c1-18(2)11-14-29-22-10-4-3-9-21(22)27-24(29)28-13-6-8-20(17-28)23(30)26-16-19-7-5-12-25-15-19/h3-5,7,9-10,12,15,18,20H,6,8,11,13-14,16-17H2,1-2H3,(H,26,30)/t20-/m1/s1. The van der Waals surface area contributed by atoms with E-state index in [9.17, 15) is 4.79 Å². The summed E-state index contributed by atoms with van der Waals surface area (Å²) in [6, 6.07) is 12.2. The van der Waals surface area contributed by atoms with Gasteiger partial charge in [0.15, 0.2) is 0 Å². The fourth-order valence-electron chi connectivity index (χ4n) is 4.12. The van der Waals surface area contributed by atoms with Gasteiger partial charge in [0.25, 0.3) is 0 Å². The van der Waals surface area contributed by atoms with Gasteiger partial charge in [0, 0.05) is 38.6 Å². The first-order chi connectivity index (χ1) is 14.6. The van der Waals surface area contributed by atoms with Gasteiger partial charge in [-0.25, -0.2) is 4.98 Å². The molecule has 1 atom stereocenters. The molecule has 1 aliphatic rings. The van der Waals surface area contributed by atoms with Gasteiger partial charge in [0.2, 0.25) is 11.9 Å². The molecule has 3 aromatic rings. The molecule has 1 aromatic carbocycles. The van der Waals surface area contributed by atoms with Gasteiger partial charge in [0.05, 0.1) is 17.0 Å². The van der Waals surface area contributed by atoms with E-state index >= 15 is 0 Å². The Kier molecular flexibility index (Phi) is 6.31. The molecular formula is C24H31N5O. The summed E-state index contributed by atoms with van der Waals surface area (Å²) < 4.78 is 2.34. The maximum atomic E-state index is 12.8. The number of nitrogens with one attached hydrogen (secondary N) is 1. The quantitative estimate of drug-likeness (QED) is 0.645. The Morgan fingerprint density at radius 1 is 1.23 bits per heavy atom. The van der Waals surface area contributed by atoms with E-state index in [2.05, 4.69) is 51.8 Å². The molecule has 3 heterocycles. The Morgan fingerprint density at radius 3 is 2.90 bits per heavy atom. The highest BCUT2D eigenvalue weighted by atomic mass is 16.1. The maximum absolute atomic E-state index is 12.8. The Morgan fingerprint density at radius 2 is 2.10 bits per heavy atom. The number of aromatic nitrogens is 3. The highest BCUT2D eigenvalue weighted by molar-refractivity contribution is 5.81. The second-order valence-electron chi connectivity index (χ2n) is 8.60. The number of hydrogen-bond donors (Lipinski definition) is 1. The number of benzene rings is 1. The molecule has 0 saturated carbocycles. The number of amides is 1. The molecule has 1 amide bonds. The van der Waals surface area contributed by atoms with E-state index in [1.807, 2.05) is 18.2 Å². The van der Waals surface area contributed by atoms with Crippen molar-refractivity contribution in [2.45, 2.75) is 46.2 Å². The van der Waals surface area contributed by atoms with Gasteiger partial charge in [-0.3, -0.25) is 9.78 Å². The van der Waals surface area contributed by atoms with Gasteiger partial charge in [-0.1, -0.05) is 32.0 Å². The third-order valence-corrected chi connectivity index (χ3v) is 5.83. The van der Waals surface area contributed by atoms with Crippen LogP contribution in [0.15, 0.2) is 48.8 Å². The minimum atomic E-state index is -0.0196.